The number of methoxy groups -OCH3 is 1. The van der Waals surface area contributed by atoms with E-state index in [1.807, 2.05) is 6.79 Å². The molecule has 10 heavy (non-hydrogen) atoms. The lowest BCUT2D eigenvalue weighted by molar-refractivity contribution is -0.0979. The number of ether oxygens (including phenoxy) is 1. The lowest BCUT2D eigenvalue weighted by Crippen LogP contribution is -1.86. The van der Waals surface area contributed by atoms with E-state index in [4.69, 9.17) is 9.53 Å². The van der Waals surface area contributed by atoms with Crippen molar-refractivity contribution in [3.05, 3.63) is 0 Å². The first-order chi connectivity index (χ1) is 4.91. The largest absolute Gasteiger partial charge is 0.385 e. The summed E-state index contributed by atoms with van der Waals surface area (Å²) in [6.07, 6.45) is 5.21. The number of carbonyl (C=O) groups excluding carboxylic acids is 1. The van der Waals surface area contributed by atoms with Gasteiger partial charge in [-0.1, -0.05) is 26.2 Å². The van der Waals surface area contributed by atoms with Crippen molar-refractivity contribution in [3.8, 4) is 0 Å². The molecule has 0 N–H and O–H groups in total. The molecule has 0 bridgehead atoms. The quantitative estimate of drug-likeness (QED) is 0.555. The van der Waals surface area contributed by atoms with Crippen LogP contribution in [0, 0.1) is 0 Å². The average molecular weight is 146 g/mol. The van der Waals surface area contributed by atoms with E-state index in [1.165, 1.54) is 25.7 Å². The van der Waals surface area contributed by atoms with Crippen molar-refractivity contribution in [3.63, 3.8) is 0 Å². The van der Waals surface area contributed by atoms with Crippen LogP contribution < -0.4 is 0 Å². The number of rotatable bonds is 5. The van der Waals surface area contributed by atoms with E-state index in [0.717, 1.165) is 6.61 Å². The molecule has 0 atom stereocenters. The van der Waals surface area contributed by atoms with Crippen LogP contribution >= 0.6 is 0 Å². The first-order valence-corrected chi connectivity index (χ1v) is 3.69. The maximum Gasteiger partial charge on any atom is 0.106 e. The summed E-state index contributed by atoms with van der Waals surface area (Å²) in [5, 5.41) is 0. The lowest BCUT2D eigenvalue weighted by atomic mass is 10.2. The summed E-state index contributed by atoms with van der Waals surface area (Å²) in [7, 11) is 1.76. The van der Waals surface area contributed by atoms with E-state index < -0.39 is 0 Å². The third-order valence-corrected chi connectivity index (χ3v) is 1.20. The van der Waals surface area contributed by atoms with E-state index in [0.29, 0.717) is 0 Å². The minimum absolute atomic E-state index is 0.931. The van der Waals surface area contributed by atoms with E-state index in [1.54, 1.807) is 7.11 Å². The van der Waals surface area contributed by atoms with Crippen molar-refractivity contribution in [1.29, 1.82) is 0 Å². The fraction of sp³-hybridized carbons (Fsp3) is 0.875. The number of hydrogen-bond acceptors (Lipinski definition) is 2. The van der Waals surface area contributed by atoms with Crippen LogP contribution in [0.3, 0.4) is 0 Å². The minimum atomic E-state index is 0.931. The monoisotopic (exact) mass is 146 g/mol. The summed E-state index contributed by atoms with van der Waals surface area (Å²) in [5.74, 6) is 0. The van der Waals surface area contributed by atoms with Gasteiger partial charge in [0.1, 0.15) is 6.79 Å². The second kappa shape index (κ2) is 15.9. The highest BCUT2D eigenvalue weighted by atomic mass is 16.5. The molecule has 0 aliphatic heterocycles. The van der Waals surface area contributed by atoms with Crippen molar-refractivity contribution in [2.24, 2.45) is 0 Å². The van der Waals surface area contributed by atoms with Gasteiger partial charge in [-0.05, 0) is 6.42 Å². The molecular weight excluding hydrogens is 128 g/mol. The minimum Gasteiger partial charge on any atom is -0.385 e. The van der Waals surface area contributed by atoms with Gasteiger partial charge in [0.2, 0.25) is 0 Å². The Morgan fingerprint density at radius 2 is 1.80 bits per heavy atom. The van der Waals surface area contributed by atoms with Crippen LogP contribution in [0.4, 0.5) is 0 Å². The van der Waals surface area contributed by atoms with Gasteiger partial charge in [0.05, 0.1) is 0 Å². The van der Waals surface area contributed by atoms with E-state index in [9.17, 15) is 0 Å². The molecule has 2 nitrogen and oxygen atoms in total. The molecule has 0 saturated carbocycles. The van der Waals surface area contributed by atoms with Crippen molar-refractivity contribution in [2.75, 3.05) is 13.7 Å². The molecule has 0 rings (SSSR count). The fourth-order valence-corrected chi connectivity index (χ4v) is 0.673. The Labute approximate surface area is 63.6 Å². The van der Waals surface area contributed by atoms with Crippen molar-refractivity contribution in [1.82, 2.24) is 0 Å². The Morgan fingerprint density at radius 1 is 1.20 bits per heavy atom. The van der Waals surface area contributed by atoms with Crippen molar-refractivity contribution >= 4 is 6.79 Å². The summed E-state index contributed by atoms with van der Waals surface area (Å²) in [6, 6.07) is 0. The molecule has 0 spiro atoms. The maximum absolute atomic E-state index is 8.00. The third kappa shape index (κ3) is 15.6. The van der Waals surface area contributed by atoms with Gasteiger partial charge >= 0.3 is 0 Å². The van der Waals surface area contributed by atoms with Crippen LogP contribution in [-0.2, 0) is 9.53 Å². The summed E-state index contributed by atoms with van der Waals surface area (Å²) in [5.41, 5.74) is 0. The second-order valence-corrected chi connectivity index (χ2v) is 2.05. The standard InChI is InChI=1S/C7H16O.CH2O/c1-3-4-5-6-7-8-2;1-2/h3-7H2,1-2H3;1H2. The zero-order chi connectivity index (χ0) is 8.24. The Bertz CT molecular complexity index is 40.5. The van der Waals surface area contributed by atoms with E-state index in [-0.39, 0.29) is 0 Å². The average Bonchev–Trinajstić information content (AvgIpc) is 2.02. The summed E-state index contributed by atoms with van der Waals surface area (Å²) < 4.78 is 4.89. The topological polar surface area (TPSA) is 26.3 Å². The van der Waals surface area contributed by atoms with Crippen LogP contribution in [-0.4, -0.2) is 20.5 Å². The van der Waals surface area contributed by atoms with Crippen LogP contribution in [0.15, 0.2) is 0 Å². The predicted molar refractivity (Wildman–Crippen MR) is 43.1 cm³/mol. The molecule has 0 fully saturated rings. The molecule has 0 amide bonds. The highest BCUT2D eigenvalue weighted by molar-refractivity contribution is 5.10. The Morgan fingerprint density at radius 3 is 2.20 bits per heavy atom. The predicted octanol–water partition coefficient (Wildman–Crippen LogP) is 2.03. The smallest absolute Gasteiger partial charge is 0.106 e. The number of carbonyl (C=O) groups is 1. The van der Waals surface area contributed by atoms with Gasteiger partial charge in [-0.15, -0.1) is 0 Å². The van der Waals surface area contributed by atoms with Crippen LogP contribution in [0.2, 0.25) is 0 Å². The number of unbranched alkanes of at least 4 members (excludes halogenated alkanes) is 3. The van der Waals surface area contributed by atoms with Crippen molar-refractivity contribution < 1.29 is 9.53 Å². The molecule has 0 aromatic heterocycles. The van der Waals surface area contributed by atoms with Gasteiger partial charge in [-0.25, -0.2) is 0 Å². The van der Waals surface area contributed by atoms with Gasteiger partial charge in [-0.3, -0.25) is 0 Å². The molecular formula is C8H18O2. The summed E-state index contributed by atoms with van der Waals surface area (Å²) >= 11 is 0. The first kappa shape index (κ1) is 12.3. The molecule has 0 saturated heterocycles. The van der Waals surface area contributed by atoms with Crippen molar-refractivity contribution in [2.45, 2.75) is 32.6 Å². The molecule has 2 heteroatoms. The van der Waals surface area contributed by atoms with Gasteiger partial charge in [0.15, 0.2) is 0 Å². The summed E-state index contributed by atoms with van der Waals surface area (Å²) in [4.78, 5) is 8.00. The Balaban J connectivity index is 0. The third-order valence-electron chi connectivity index (χ3n) is 1.20. The highest BCUT2D eigenvalue weighted by Crippen LogP contribution is 1.97. The SMILES string of the molecule is C=O.CCCCCCOC. The normalized spacial score (nSPS) is 8.20. The number of hydrogen-bond donors (Lipinski definition) is 0. The molecule has 0 aliphatic rings. The molecule has 0 aliphatic carbocycles. The van der Waals surface area contributed by atoms with Gasteiger partial charge in [-0.2, -0.15) is 0 Å². The molecule has 0 radical (unpaired) electrons. The molecule has 0 aromatic carbocycles. The van der Waals surface area contributed by atoms with E-state index in [2.05, 4.69) is 6.92 Å². The molecule has 0 aromatic rings. The van der Waals surface area contributed by atoms with Crippen LogP contribution in [0.25, 0.3) is 0 Å². The molecule has 0 unspecified atom stereocenters. The van der Waals surface area contributed by atoms with Gasteiger partial charge in [0, 0.05) is 13.7 Å². The zero-order valence-electron chi connectivity index (χ0n) is 7.06. The van der Waals surface area contributed by atoms with E-state index >= 15 is 0 Å². The van der Waals surface area contributed by atoms with Gasteiger partial charge in [0.25, 0.3) is 0 Å². The van der Waals surface area contributed by atoms with Gasteiger partial charge < -0.3 is 9.53 Å². The Kier molecular flexibility index (Phi) is 19.5. The molecule has 62 valence electrons. The first-order valence-electron chi connectivity index (χ1n) is 3.69. The van der Waals surface area contributed by atoms with Crippen LogP contribution in [0.1, 0.15) is 32.6 Å². The maximum atomic E-state index is 8.00. The second-order valence-electron chi connectivity index (χ2n) is 2.05. The lowest BCUT2D eigenvalue weighted by Gasteiger charge is -1.95. The summed E-state index contributed by atoms with van der Waals surface area (Å²) in [6.45, 7) is 5.15. The fourth-order valence-electron chi connectivity index (χ4n) is 0.673. The zero-order valence-corrected chi connectivity index (χ0v) is 7.06. The Hall–Kier alpha value is -0.370. The molecule has 0 heterocycles. The highest BCUT2D eigenvalue weighted by Gasteiger charge is 1.83. The van der Waals surface area contributed by atoms with Crippen LogP contribution in [0.5, 0.6) is 0 Å².